The molecular formula is C17H25N3O. The van der Waals surface area contributed by atoms with E-state index in [4.69, 9.17) is 0 Å². The van der Waals surface area contributed by atoms with Gasteiger partial charge in [0.2, 0.25) is 0 Å². The molecule has 21 heavy (non-hydrogen) atoms. The quantitative estimate of drug-likeness (QED) is 0.907. The number of hydrogen-bond acceptors (Lipinski definition) is 2. The van der Waals surface area contributed by atoms with Crippen LogP contribution in [0.3, 0.4) is 0 Å². The lowest BCUT2D eigenvalue weighted by Gasteiger charge is -2.45. The molecule has 1 N–H and O–H groups in total. The zero-order valence-corrected chi connectivity index (χ0v) is 12.8. The molecule has 2 amide bonds. The molecule has 2 fully saturated rings. The lowest BCUT2D eigenvalue weighted by atomic mass is 10.1. The van der Waals surface area contributed by atoms with Gasteiger partial charge in [-0.3, -0.25) is 4.90 Å². The average molecular weight is 287 g/mol. The minimum Gasteiger partial charge on any atom is -0.321 e. The van der Waals surface area contributed by atoms with Gasteiger partial charge in [0.05, 0.1) is 0 Å². The number of nitrogens with one attached hydrogen (secondary N) is 1. The fourth-order valence-corrected chi connectivity index (χ4v) is 3.24. The zero-order valence-electron chi connectivity index (χ0n) is 12.8. The lowest BCUT2D eigenvalue weighted by molar-refractivity contribution is 0.0638. The van der Waals surface area contributed by atoms with Crippen molar-refractivity contribution >= 4 is 11.7 Å². The highest BCUT2D eigenvalue weighted by Gasteiger charge is 2.34. The van der Waals surface area contributed by atoms with Gasteiger partial charge in [-0.15, -0.1) is 0 Å². The summed E-state index contributed by atoms with van der Waals surface area (Å²) in [6.07, 6.45) is 5.35. The highest BCUT2D eigenvalue weighted by Crippen LogP contribution is 2.20. The molecule has 0 unspecified atom stereocenters. The monoisotopic (exact) mass is 287 g/mol. The van der Waals surface area contributed by atoms with Crippen LogP contribution in [0.5, 0.6) is 0 Å². The summed E-state index contributed by atoms with van der Waals surface area (Å²) in [4.78, 5) is 16.7. The van der Waals surface area contributed by atoms with E-state index < -0.39 is 0 Å². The van der Waals surface area contributed by atoms with Crippen molar-refractivity contribution in [3.8, 4) is 0 Å². The number of carbonyl (C=O) groups is 1. The van der Waals surface area contributed by atoms with Crippen LogP contribution in [0.2, 0.25) is 0 Å². The van der Waals surface area contributed by atoms with Crippen molar-refractivity contribution in [2.75, 3.05) is 31.5 Å². The molecule has 0 atom stereocenters. The minimum absolute atomic E-state index is 0.0340. The van der Waals surface area contributed by atoms with Gasteiger partial charge in [0, 0.05) is 24.8 Å². The average Bonchev–Trinajstić information content (AvgIpc) is 2.66. The number of urea groups is 1. The van der Waals surface area contributed by atoms with Crippen LogP contribution in [-0.4, -0.2) is 48.1 Å². The number of aryl methyl sites for hydroxylation is 1. The van der Waals surface area contributed by atoms with Crippen LogP contribution in [0.1, 0.15) is 31.2 Å². The Labute approximate surface area is 127 Å². The van der Waals surface area contributed by atoms with Gasteiger partial charge in [-0.05, 0) is 50.6 Å². The van der Waals surface area contributed by atoms with Crippen LogP contribution in [-0.2, 0) is 0 Å². The summed E-state index contributed by atoms with van der Waals surface area (Å²) in [5, 5.41) is 2.99. The van der Waals surface area contributed by atoms with Gasteiger partial charge in [0.25, 0.3) is 0 Å². The summed E-state index contributed by atoms with van der Waals surface area (Å²) in [7, 11) is 0. The van der Waals surface area contributed by atoms with E-state index in [0.717, 1.165) is 18.8 Å². The molecule has 0 aliphatic carbocycles. The van der Waals surface area contributed by atoms with Crippen molar-refractivity contribution in [1.29, 1.82) is 0 Å². The number of carbonyl (C=O) groups excluding carboxylic acids is 1. The Morgan fingerprint density at radius 1 is 1.14 bits per heavy atom. The summed E-state index contributed by atoms with van der Waals surface area (Å²) in [5.41, 5.74) is 2.05. The van der Waals surface area contributed by atoms with E-state index in [1.165, 1.54) is 44.3 Å². The molecule has 2 heterocycles. The van der Waals surface area contributed by atoms with E-state index in [2.05, 4.69) is 10.2 Å². The van der Waals surface area contributed by atoms with E-state index in [1.807, 2.05) is 36.1 Å². The number of nitrogens with zero attached hydrogens (tertiary/aromatic N) is 2. The predicted molar refractivity (Wildman–Crippen MR) is 85.6 cm³/mol. The maximum Gasteiger partial charge on any atom is 0.321 e. The first-order valence-electron chi connectivity index (χ1n) is 8.09. The lowest BCUT2D eigenvalue weighted by Crippen LogP contribution is -2.62. The van der Waals surface area contributed by atoms with E-state index >= 15 is 0 Å². The van der Waals surface area contributed by atoms with Crippen molar-refractivity contribution < 1.29 is 4.79 Å². The second-order valence-corrected chi connectivity index (χ2v) is 6.31. The SMILES string of the molecule is Cc1cccc(NC(=O)N2CC(N3CCCCCC3)C2)c1. The van der Waals surface area contributed by atoms with Gasteiger partial charge in [-0.2, -0.15) is 0 Å². The summed E-state index contributed by atoms with van der Waals surface area (Å²) >= 11 is 0. The first kappa shape index (κ1) is 14.4. The Hall–Kier alpha value is -1.55. The van der Waals surface area contributed by atoms with E-state index in [-0.39, 0.29) is 6.03 Å². The maximum absolute atomic E-state index is 12.2. The molecule has 2 saturated heterocycles. The Kier molecular flexibility index (Phi) is 4.44. The molecule has 0 bridgehead atoms. The fraction of sp³-hybridized carbons (Fsp3) is 0.588. The number of likely N-dealkylation sites (tertiary alicyclic amines) is 2. The normalized spacial score (nSPS) is 20.7. The van der Waals surface area contributed by atoms with Gasteiger partial charge < -0.3 is 10.2 Å². The van der Waals surface area contributed by atoms with Crippen LogP contribution in [0.25, 0.3) is 0 Å². The molecule has 0 radical (unpaired) electrons. The largest absolute Gasteiger partial charge is 0.321 e. The van der Waals surface area contributed by atoms with Gasteiger partial charge in [0.1, 0.15) is 0 Å². The zero-order chi connectivity index (χ0) is 14.7. The topological polar surface area (TPSA) is 35.6 Å². The molecule has 0 saturated carbocycles. The van der Waals surface area contributed by atoms with Crippen LogP contribution in [0.4, 0.5) is 10.5 Å². The molecule has 0 spiro atoms. The standard InChI is InChI=1S/C17H25N3O/c1-14-7-6-8-15(11-14)18-17(21)20-12-16(13-20)19-9-4-2-3-5-10-19/h6-8,11,16H,2-5,9-10,12-13H2,1H3,(H,18,21). The van der Waals surface area contributed by atoms with Gasteiger partial charge in [-0.1, -0.05) is 25.0 Å². The molecule has 3 rings (SSSR count). The highest BCUT2D eigenvalue weighted by molar-refractivity contribution is 5.90. The number of anilines is 1. The number of hydrogen-bond donors (Lipinski definition) is 1. The van der Waals surface area contributed by atoms with Gasteiger partial charge in [0.15, 0.2) is 0 Å². The Bertz CT molecular complexity index is 489. The van der Waals surface area contributed by atoms with Gasteiger partial charge in [-0.25, -0.2) is 4.79 Å². The summed E-state index contributed by atoms with van der Waals surface area (Å²) in [6, 6.07) is 8.56. The van der Waals surface area contributed by atoms with Crippen LogP contribution in [0, 0.1) is 6.92 Å². The van der Waals surface area contributed by atoms with Crippen molar-refractivity contribution in [3.63, 3.8) is 0 Å². The third-order valence-electron chi connectivity index (χ3n) is 4.58. The van der Waals surface area contributed by atoms with Gasteiger partial charge >= 0.3 is 6.03 Å². The molecular weight excluding hydrogens is 262 g/mol. The fourth-order valence-electron chi connectivity index (χ4n) is 3.24. The summed E-state index contributed by atoms with van der Waals surface area (Å²) in [6.45, 7) is 6.19. The molecule has 0 aromatic heterocycles. The molecule has 2 aliphatic rings. The molecule has 114 valence electrons. The number of rotatable bonds is 2. The molecule has 4 nitrogen and oxygen atoms in total. The van der Waals surface area contributed by atoms with Crippen molar-refractivity contribution in [2.45, 2.75) is 38.6 Å². The second-order valence-electron chi connectivity index (χ2n) is 6.31. The van der Waals surface area contributed by atoms with E-state index in [0.29, 0.717) is 6.04 Å². The molecule has 1 aromatic carbocycles. The first-order valence-corrected chi connectivity index (χ1v) is 8.09. The molecule has 1 aromatic rings. The second kappa shape index (κ2) is 6.48. The van der Waals surface area contributed by atoms with Crippen molar-refractivity contribution in [3.05, 3.63) is 29.8 Å². The first-order chi connectivity index (χ1) is 10.2. The highest BCUT2D eigenvalue weighted by atomic mass is 16.2. The van der Waals surface area contributed by atoms with Crippen LogP contribution >= 0.6 is 0 Å². The smallest absolute Gasteiger partial charge is 0.321 e. The summed E-state index contributed by atoms with van der Waals surface area (Å²) in [5.74, 6) is 0. The summed E-state index contributed by atoms with van der Waals surface area (Å²) < 4.78 is 0. The third kappa shape index (κ3) is 3.56. The Balaban J connectivity index is 1.48. The number of benzene rings is 1. The Morgan fingerprint density at radius 3 is 2.52 bits per heavy atom. The van der Waals surface area contributed by atoms with Crippen LogP contribution < -0.4 is 5.32 Å². The Morgan fingerprint density at radius 2 is 1.86 bits per heavy atom. The van der Waals surface area contributed by atoms with E-state index in [9.17, 15) is 4.79 Å². The van der Waals surface area contributed by atoms with Crippen molar-refractivity contribution in [1.82, 2.24) is 9.80 Å². The third-order valence-corrected chi connectivity index (χ3v) is 4.58. The van der Waals surface area contributed by atoms with E-state index in [1.54, 1.807) is 0 Å². The molecule has 2 aliphatic heterocycles. The predicted octanol–water partition coefficient (Wildman–Crippen LogP) is 3.09. The number of amides is 2. The maximum atomic E-state index is 12.2. The minimum atomic E-state index is 0.0340. The van der Waals surface area contributed by atoms with Crippen LogP contribution in [0.15, 0.2) is 24.3 Å². The molecule has 4 heteroatoms. The van der Waals surface area contributed by atoms with Crippen molar-refractivity contribution in [2.24, 2.45) is 0 Å².